The molecule has 0 aliphatic carbocycles. The molecule has 1 saturated heterocycles. The number of piperidine rings is 1. The minimum atomic E-state index is -0.621. The number of primary amides is 1. The number of carbonyl (C=O) groups is 2. The lowest BCUT2D eigenvalue weighted by molar-refractivity contribution is -0.134. The molecule has 4 N–H and O–H groups in total. The van der Waals surface area contributed by atoms with Gasteiger partial charge >= 0.3 is 6.03 Å². The highest BCUT2D eigenvalue weighted by molar-refractivity contribution is 5.86. The topological polar surface area (TPSA) is 87.5 Å². The molecular weight excluding hydrogens is 256 g/mol. The molecule has 3 amide bonds. The lowest BCUT2D eigenvalue weighted by atomic mass is 9.96. The monoisotopic (exact) mass is 284 g/mol. The molecule has 0 aromatic rings. The number of carbonyl (C=O) groups excluding carboxylic acids is 2. The largest absolute Gasteiger partial charge is 0.352 e. The van der Waals surface area contributed by atoms with Crippen LogP contribution in [0.2, 0.25) is 0 Å². The van der Waals surface area contributed by atoms with Gasteiger partial charge in [0.25, 0.3) is 0 Å². The zero-order chi connectivity index (χ0) is 15.0. The summed E-state index contributed by atoms with van der Waals surface area (Å²) in [6.45, 7) is 4.61. The Morgan fingerprint density at radius 3 is 2.50 bits per heavy atom. The van der Waals surface area contributed by atoms with Crippen LogP contribution in [0.1, 0.15) is 39.0 Å². The van der Waals surface area contributed by atoms with Gasteiger partial charge in [-0.1, -0.05) is 19.8 Å². The highest BCUT2D eigenvalue weighted by atomic mass is 16.2. The first-order chi connectivity index (χ1) is 9.58. The van der Waals surface area contributed by atoms with Crippen LogP contribution < -0.4 is 16.4 Å². The highest BCUT2D eigenvalue weighted by Crippen LogP contribution is 2.18. The van der Waals surface area contributed by atoms with Gasteiger partial charge in [-0.05, 0) is 38.8 Å². The van der Waals surface area contributed by atoms with Crippen LogP contribution in [0.4, 0.5) is 4.79 Å². The molecule has 1 heterocycles. The number of nitrogens with one attached hydrogen (secondary N) is 2. The van der Waals surface area contributed by atoms with E-state index < -0.39 is 12.1 Å². The molecule has 1 aliphatic rings. The minimum Gasteiger partial charge on any atom is -0.352 e. The molecular formula is C14H28N4O2. The average Bonchev–Trinajstić information content (AvgIpc) is 2.43. The number of unbranched alkanes of at least 4 members (excludes halogenated alkanes) is 1. The van der Waals surface area contributed by atoms with Crippen molar-refractivity contribution in [3.63, 3.8) is 0 Å². The van der Waals surface area contributed by atoms with E-state index in [9.17, 15) is 9.59 Å². The SMILES string of the molecule is CCCCC(NC(N)=O)C(=O)N1CCC(CNC)CC1. The molecule has 0 spiro atoms. The summed E-state index contributed by atoms with van der Waals surface area (Å²) in [4.78, 5) is 25.3. The van der Waals surface area contributed by atoms with Gasteiger partial charge in [-0.2, -0.15) is 0 Å². The Kier molecular flexibility index (Phi) is 7.36. The third-order valence-corrected chi connectivity index (χ3v) is 3.88. The third-order valence-electron chi connectivity index (χ3n) is 3.88. The van der Waals surface area contributed by atoms with Crippen molar-refractivity contribution in [1.82, 2.24) is 15.5 Å². The molecule has 0 saturated carbocycles. The minimum absolute atomic E-state index is 0.0140. The molecule has 0 radical (unpaired) electrons. The molecule has 1 unspecified atom stereocenters. The Morgan fingerprint density at radius 1 is 1.35 bits per heavy atom. The first-order valence-corrected chi connectivity index (χ1v) is 7.57. The van der Waals surface area contributed by atoms with E-state index in [1.165, 1.54) is 0 Å². The van der Waals surface area contributed by atoms with Gasteiger partial charge in [-0.3, -0.25) is 4.79 Å². The highest BCUT2D eigenvalue weighted by Gasteiger charge is 2.28. The fourth-order valence-corrected chi connectivity index (χ4v) is 2.70. The standard InChI is InChI=1S/C14H28N4O2/c1-3-4-5-12(17-14(15)20)13(19)18-8-6-11(7-9-18)10-16-2/h11-12,16H,3-10H2,1-2H3,(H3,15,17,20). The summed E-state index contributed by atoms with van der Waals surface area (Å²) in [6.07, 6.45) is 4.60. The predicted molar refractivity (Wildman–Crippen MR) is 79.3 cm³/mol. The van der Waals surface area contributed by atoms with E-state index >= 15 is 0 Å². The number of urea groups is 1. The van der Waals surface area contributed by atoms with Crippen LogP contribution in [0.3, 0.4) is 0 Å². The van der Waals surface area contributed by atoms with Crippen molar-refractivity contribution in [2.24, 2.45) is 11.7 Å². The van der Waals surface area contributed by atoms with Crippen LogP contribution in [0.5, 0.6) is 0 Å². The van der Waals surface area contributed by atoms with Gasteiger partial charge in [-0.15, -0.1) is 0 Å². The van der Waals surface area contributed by atoms with Crippen LogP contribution in [-0.2, 0) is 4.79 Å². The maximum atomic E-state index is 12.4. The molecule has 0 aromatic heterocycles. The summed E-state index contributed by atoms with van der Waals surface area (Å²) in [7, 11) is 1.95. The number of amides is 3. The van der Waals surface area contributed by atoms with Gasteiger partial charge in [0.15, 0.2) is 0 Å². The fourth-order valence-electron chi connectivity index (χ4n) is 2.70. The fraction of sp³-hybridized carbons (Fsp3) is 0.857. The van der Waals surface area contributed by atoms with Gasteiger partial charge < -0.3 is 21.3 Å². The number of likely N-dealkylation sites (tertiary alicyclic amines) is 1. The summed E-state index contributed by atoms with van der Waals surface area (Å²) >= 11 is 0. The van der Waals surface area contributed by atoms with Crippen LogP contribution >= 0.6 is 0 Å². The van der Waals surface area contributed by atoms with E-state index in [0.717, 1.165) is 45.3 Å². The van der Waals surface area contributed by atoms with E-state index in [-0.39, 0.29) is 5.91 Å². The van der Waals surface area contributed by atoms with E-state index in [2.05, 4.69) is 17.6 Å². The van der Waals surface area contributed by atoms with Crippen LogP contribution in [0, 0.1) is 5.92 Å². The molecule has 0 bridgehead atoms. The normalized spacial score (nSPS) is 17.8. The number of hydrogen-bond donors (Lipinski definition) is 3. The first kappa shape index (κ1) is 16.8. The van der Waals surface area contributed by atoms with Crippen LogP contribution in [0.15, 0.2) is 0 Å². The van der Waals surface area contributed by atoms with Crippen LogP contribution in [-0.4, -0.2) is 49.6 Å². The van der Waals surface area contributed by atoms with Gasteiger partial charge in [0.2, 0.25) is 5.91 Å². The number of hydrogen-bond acceptors (Lipinski definition) is 3. The van der Waals surface area contributed by atoms with Crippen molar-refractivity contribution in [3.8, 4) is 0 Å². The molecule has 0 aromatic carbocycles. The second-order valence-corrected chi connectivity index (χ2v) is 5.53. The van der Waals surface area contributed by atoms with Crippen molar-refractivity contribution in [2.75, 3.05) is 26.7 Å². The molecule has 1 aliphatic heterocycles. The Balaban J connectivity index is 2.50. The molecule has 6 nitrogen and oxygen atoms in total. The van der Waals surface area contributed by atoms with E-state index in [1.54, 1.807) is 0 Å². The van der Waals surface area contributed by atoms with E-state index in [1.807, 2.05) is 11.9 Å². The first-order valence-electron chi connectivity index (χ1n) is 7.57. The van der Waals surface area contributed by atoms with Crippen molar-refractivity contribution in [1.29, 1.82) is 0 Å². The van der Waals surface area contributed by atoms with Gasteiger partial charge in [0.1, 0.15) is 6.04 Å². The summed E-state index contributed by atoms with van der Waals surface area (Å²) in [5.41, 5.74) is 5.16. The molecule has 20 heavy (non-hydrogen) atoms. The zero-order valence-electron chi connectivity index (χ0n) is 12.7. The van der Waals surface area contributed by atoms with Crippen molar-refractivity contribution < 1.29 is 9.59 Å². The van der Waals surface area contributed by atoms with Crippen LogP contribution in [0.25, 0.3) is 0 Å². The third kappa shape index (κ3) is 5.36. The molecule has 1 rings (SSSR count). The van der Waals surface area contributed by atoms with Gasteiger partial charge in [0, 0.05) is 13.1 Å². The van der Waals surface area contributed by atoms with Crippen molar-refractivity contribution >= 4 is 11.9 Å². The maximum Gasteiger partial charge on any atom is 0.312 e. The Labute approximate surface area is 121 Å². The maximum absolute atomic E-state index is 12.4. The Hall–Kier alpha value is -1.30. The molecule has 1 atom stereocenters. The Morgan fingerprint density at radius 2 is 2.00 bits per heavy atom. The summed E-state index contributed by atoms with van der Waals surface area (Å²) < 4.78 is 0. The molecule has 116 valence electrons. The quantitative estimate of drug-likeness (QED) is 0.642. The predicted octanol–water partition coefficient (Wildman–Crippen LogP) is 0.672. The van der Waals surface area contributed by atoms with E-state index in [4.69, 9.17) is 5.73 Å². The summed E-state index contributed by atoms with van der Waals surface area (Å²) in [5.74, 6) is 0.655. The van der Waals surface area contributed by atoms with Crippen molar-refractivity contribution in [2.45, 2.75) is 45.1 Å². The molecule has 6 heteroatoms. The lowest BCUT2D eigenvalue weighted by Gasteiger charge is -2.34. The zero-order valence-corrected chi connectivity index (χ0v) is 12.7. The smallest absolute Gasteiger partial charge is 0.312 e. The number of nitrogens with two attached hydrogens (primary N) is 1. The van der Waals surface area contributed by atoms with Gasteiger partial charge in [-0.25, -0.2) is 4.79 Å². The molecule has 1 fully saturated rings. The second-order valence-electron chi connectivity index (χ2n) is 5.53. The average molecular weight is 284 g/mol. The van der Waals surface area contributed by atoms with E-state index in [0.29, 0.717) is 12.3 Å². The number of rotatable bonds is 7. The lowest BCUT2D eigenvalue weighted by Crippen LogP contribution is -2.52. The number of nitrogens with zero attached hydrogens (tertiary/aromatic N) is 1. The van der Waals surface area contributed by atoms with Crippen molar-refractivity contribution in [3.05, 3.63) is 0 Å². The summed E-state index contributed by atoms with van der Waals surface area (Å²) in [5, 5.41) is 5.76. The Bertz CT molecular complexity index is 314. The van der Waals surface area contributed by atoms with Gasteiger partial charge in [0.05, 0.1) is 0 Å². The second kappa shape index (κ2) is 8.79. The summed E-state index contributed by atoms with van der Waals surface area (Å²) in [6, 6.07) is -1.09.